The van der Waals surface area contributed by atoms with Crippen LogP contribution in [0.1, 0.15) is 53.5 Å². The van der Waals surface area contributed by atoms with E-state index in [1.807, 2.05) is 36.4 Å². The van der Waals surface area contributed by atoms with Crippen molar-refractivity contribution < 1.29 is 14.3 Å². The third kappa shape index (κ3) is 5.15. The summed E-state index contributed by atoms with van der Waals surface area (Å²) in [6.45, 7) is 6.35. The van der Waals surface area contributed by atoms with Gasteiger partial charge < -0.3 is 4.74 Å². The van der Waals surface area contributed by atoms with Crippen molar-refractivity contribution in [1.29, 1.82) is 0 Å². The fourth-order valence-electron chi connectivity index (χ4n) is 2.44. The molecule has 0 bridgehead atoms. The number of ketones is 1. The molecule has 0 atom stereocenters. The molecule has 0 aliphatic heterocycles. The molecule has 0 saturated carbocycles. The molecule has 3 heteroatoms. The summed E-state index contributed by atoms with van der Waals surface area (Å²) in [6.07, 6.45) is 2.80. The lowest BCUT2D eigenvalue weighted by Crippen LogP contribution is -2.06. The number of rotatable bonds is 7. The number of carbonyl (C=O) groups is 2. The Balaban J connectivity index is 2.34. The first-order chi connectivity index (χ1) is 12.0. The molecule has 0 saturated heterocycles. The Labute approximate surface area is 149 Å². The predicted molar refractivity (Wildman–Crippen MR) is 101 cm³/mol. The molecule has 0 aliphatic carbocycles. The molecule has 25 heavy (non-hydrogen) atoms. The van der Waals surface area contributed by atoms with Crippen LogP contribution in [0, 0.1) is 5.92 Å². The van der Waals surface area contributed by atoms with Crippen LogP contribution in [0.25, 0.3) is 5.57 Å². The van der Waals surface area contributed by atoms with E-state index in [4.69, 9.17) is 4.74 Å². The Morgan fingerprint density at radius 2 is 1.52 bits per heavy atom. The van der Waals surface area contributed by atoms with Crippen molar-refractivity contribution in [3.8, 4) is 0 Å². The molecule has 3 nitrogen and oxygen atoms in total. The van der Waals surface area contributed by atoms with E-state index in [-0.39, 0.29) is 11.8 Å². The number of allylic oxidation sites excluding steroid dienone is 2. The molecule has 0 amide bonds. The highest BCUT2D eigenvalue weighted by Crippen LogP contribution is 2.22. The van der Waals surface area contributed by atoms with E-state index in [0.717, 1.165) is 12.0 Å². The van der Waals surface area contributed by atoms with Gasteiger partial charge in [-0.15, -0.1) is 0 Å². The maximum Gasteiger partial charge on any atom is 0.338 e. The number of ether oxygens (including phenoxy) is 1. The molecule has 0 N–H and O–H groups in total. The summed E-state index contributed by atoms with van der Waals surface area (Å²) in [5.41, 5.74) is 2.62. The van der Waals surface area contributed by atoms with E-state index in [0.29, 0.717) is 29.2 Å². The van der Waals surface area contributed by atoms with Crippen molar-refractivity contribution in [2.75, 3.05) is 6.61 Å². The van der Waals surface area contributed by atoms with Crippen molar-refractivity contribution in [2.24, 2.45) is 5.92 Å². The zero-order chi connectivity index (χ0) is 18.2. The van der Waals surface area contributed by atoms with Gasteiger partial charge in [0, 0.05) is 11.1 Å². The molecule has 0 unspecified atom stereocenters. The van der Waals surface area contributed by atoms with Crippen molar-refractivity contribution in [3.05, 3.63) is 77.4 Å². The second kappa shape index (κ2) is 8.97. The van der Waals surface area contributed by atoms with Crippen LogP contribution in [0.3, 0.4) is 0 Å². The summed E-state index contributed by atoms with van der Waals surface area (Å²) in [6, 6.07) is 16.3. The maximum atomic E-state index is 12.9. The van der Waals surface area contributed by atoms with Crippen LogP contribution in [0.2, 0.25) is 0 Å². The quantitative estimate of drug-likeness (QED) is 0.398. The summed E-state index contributed by atoms with van der Waals surface area (Å²) in [7, 11) is 0. The first-order valence-corrected chi connectivity index (χ1v) is 8.60. The van der Waals surface area contributed by atoms with Crippen LogP contribution in [-0.4, -0.2) is 18.4 Å². The SMILES string of the molecule is CCOC(=O)c1ccc(/C(=C\CC(C)C)C(=O)c2ccccc2)cc1. The minimum Gasteiger partial charge on any atom is -0.462 e. The van der Waals surface area contributed by atoms with Gasteiger partial charge >= 0.3 is 5.97 Å². The highest BCUT2D eigenvalue weighted by Gasteiger charge is 2.15. The zero-order valence-electron chi connectivity index (χ0n) is 15.0. The van der Waals surface area contributed by atoms with Gasteiger partial charge in [-0.2, -0.15) is 0 Å². The smallest absolute Gasteiger partial charge is 0.338 e. The highest BCUT2D eigenvalue weighted by molar-refractivity contribution is 6.28. The number of esters is 1. The van der Waals surface area contributed by atoms with Gasteiger partial charge in [0.25, 0.3) is 0 Å². The van der Waals surface area contributed by atoms with Gasteiger partial charge in [-0.3, -0.25) is 4.79 Å². The third-order valence-electron chi connectivity index (χ3n) is 3.78. The lowest BCUT2D eigenvalue weighted by atomic mass is 9.94. The second-order valence-electron chi connectivity index (χ2n) is 6.24. The standard InChI is InChI=1S/C22H24O3/c1-4-25-22(24)19-13-11-17(12-14-19)20(15-10-16(2)3)21(23)18-8-6-5-7-9-18/h5-9,11-16H,4,10H2,1-3H3/b20-15+. The van der Waals surface area contributed by atoms with E-state index >= 15 is 0 Å². The van der Waals surface area contributed by atoms with E-state index in [2.05, 4.69) is 13.8 Å². The van der Waals surface area contributed by atoms with Gasteiger partial charge in [0.15, 0.2) is 5.78 Å². The van der Waals surface area contributed by atoms with Gasteiger partial charge in [0.2, 0.25) is 0 Å². The molecular formula is C22H24O3. The van der Waals surface area contributed by atoms with Gasteiger partial charge in [-0.05, 0) is 37.0 Å². The topological polar surface area (TPSA) is 43.4 Å². The Hall–Kier alpha value is -2.68. The molecule has 130 valence electrons. The largest absolute Gasteiger partial charge is 0.462 e. The molecule has 2 aromatic carbocycles. The first kappa shape index (κ1) is 18.7. The third-order valence-corrected chi connectivity index (χ3v) is 3.78. The predicted octanol–water partition coefficient (Wildman–Crippen LogP) is 5.18. The van der Waals surface area contributed by atoms with E-state index in [1.165, 1.54) is 0 Å². The molecular weight excluding hydrogens is 312 g/mol. The van der Waals surface area contributed by atoms with E-state index < -0.39 is 0 Å². The number of benzene rings is 2. The summed E-state index contributed by atoms with van der Waals surface area (Å²) >= 11 is 0. The Morgan fingerprint density at radius 1 is 0.920 bits per heavy atom. The molecule has 0 spiro atoms. The average molecular weight is 336 g/mol. The molecule has 2 aromatic rings. The van der Waals surface area contributed by atoms with Crippen LogP contribution in [0.5, 0.6) is 0 Å². The number of hydrogen-bond donors (Lipinski definition) is 0. The molecule has 0 heterocycles. The van der Waals surface area contributed by atoms with Crippen molar-refractivity contribution in [3.63, 3.8) is 0 Å². The summed E-state index contributed by atoms with van der Waals surface area (Å²) in [5, 5.41) is 0. The van der Waals surface area contributed by atoms with Crippen molar-refractivity contribution in [1.82, 2.24) is 0 Å². The lowest BCUT2D eigenvalue weighted by Gasteiger charge is -2.10. The van der Waals surface area contributed by atoms with Crippen LogP contribution in [0.4, 0.5) is 0 Å². The average Bonchev–Trinajstić information content (AvgIpc) is 2.63. The zero-order valence-corrected chi connectivity index (χ0v) is 15.0. The molecule has 2 rings (SSSR count). The van der Waals surface area contributed by atoms with Gasteiger partial charge in [0.1, 0.15) is 0 Å². The van der Waals surface area contributed by atoms with Crippen LogP contribution < -0.4 is 0 Å². The van der Waals surface area contributed by atoms with Crippen molar-refractivity contribution >= 4 is 17.3 Å². The monoisotopic (exact) mass is 336 g/mol. The van der Waals surface area contributed by atoms with Crippen LogP contribution in [-0.2, 0) is 4.74 Å². The minimum atomic E-state index is -0.351. The molecule has 0 fully saturated rings. The van der Waals surface area contributed by atoms with Crippen LogP contribution in [0.15, 0.2) is 60.7 Å². The van der Waals surface area contributed by atoms with Crippen LogP contribution >= 0.6 is 0 Å². The molecule has 0 aromatic heterocycles. The summed E-state index contributed by atoms with van der Waals surface area (Å²) in [4.78, 5) is 24.7. The number of hydrogen-bond acceptors (Lipinski definition) is 3. The first-order valence-electron chi connectivity index (χ1n) is 8.60. The van der Waals surface area contributed by atoms with Crippen molar-refractivity contribution in [2.45, 2.75) is 27.2 Å². The second-order valence-corrected chi connectivity index (χ2v) is 6.24. The van der Waals surface area contributed by atoms with E-state index in [9.17, 15) is 9.59 Å². The fourth-order valence-corrected chi connectivity index (χ4v) is 2.44. The Kier molecular flexibility index (Phi) is 6.70. The normalized spacial score (nSPS) is 11.4. The lowest BCUT2D eigenvalue weighted by molar-refractivity contribution is 0.0526. The Bertz CT molecular complexity index is 741. The van der Waals surface area contributed by atoms with Gasteiger partial charge in [-0.1, -0.05) is 62.4 Å². The fraction of sp³-hybridized carbons (Fsp3) is 0.273. The maximum absolute atomic E-state index is 12.9. The summed E-state index contributed by atoms with van der Waals surface area (Å²) < 4.78 is 5.00. The van der Waals surface area contributed by atoms with E-state index in [1.54, 1.807) is 31.2 Å². The van der Waals surface area contributed by atoms with Gasteiger partial charge in [0.05, 0.1) is 12.2 Å². The number of carbonyl (C=O) groups excluding carboxylic acids is 2. The highest BCUT2D eigenvalue weighted by atomic mass is 16.5. The summed E-state index contributed by atoms with van der Waals surface area (Å²) in [5.74, 6) is 0.0960. The minimum absolute atomic E-state index is 0.00913. The Morgan fingerprint density at radius 3 is 2.08 bits per heavy atom. The molecule has 0 aliphatic rings. The molecule has 0 radical (unpaired) electrons. The van der Waals surface area contributed by atoms with Gasteiger partial charge in [-0.25, -0.2) is 4.79 Å². The number of Topliss-reactive ketones (excluding diaryl/α,β-unsaturated/α-hetero) is 1.